The van der Waals surface area contributed by atoms with Gasteiger partial charge >= 0.3 is 0 Å². The van der Waals surface area contributed by atoms with Crippen molar-refractivity contribution in [1.29, 1.82) is 0 Å². The van der Waals surface area contributed by atoms with Gasteiger partial charge in [0.1, 0.15) is 0 Å². The van der Waals surface area contributed by atoms with E-state index < -0.39 is 0 Å². The number of para-hydroxylation sites is 4. The number of imidazole rings is 2. The van der Waals surface area contributed by atoms with Crippen LogP contribution in [-0.4, -0.2) is 39.0 Å². The van der Waals surface area contributed by atoms with Crippen molar-refractivity contribution in [3.05, 3.63) is 85.5 Å². The fourth-order valence-corrected chi connectivity index (χ4v) is 3.52. The summed E-state index contributed by atoms with van der Waals surface area (Å²) in [5, 5.41) is 0. The fraction of sp³-hybridized carbons (Fsp3) is 0.0833. The molecule has 4 heterocycles. The third-order valence-corrected chi connectivity index (χ3v) is 5.11. The van der Waals surface area contributed by atoms with Crippen LogP contribution in [0.1, 0.15) is 0 Å². The van der Waals surface area contributed by atoms with E-state index in [1.165, 1.54) is 0 Å². The lowest BCUT2D eigenvalue weighted by Gasteiger charge is -1.99. The maximum atomic E-state index is 4.52. The average molecular weight is 420 g/mol. The van der Waals surface area contributed by atoms with Crippen molar-refractivity contribution in [3.63, 3.8) is 0 Å². The topological polar surface area (TPSA) is 87.2 Å². The number of aromatic nitrogens is 8. The highest BCUT2D eigenvalue weighted by Crippen LogP contribution is 2.21. The van der Waals surface area contributed by atoms with Crippen LogP contribution in [0.5, 0.6) is 0 Å². The van der Waals surface area contributed by atoms with Crippen molar-refractivity contribution >= 4 is 22.1 Å². The number of benzene rings is 2. The smallest absolute Gasteiger partial charge is 0.195 e. The summed E-state index contributed by atoms with van der Waals surface area (Å²) < 4.78 is 4.01. The average Bonchev–Trinajstić information content (AvgIpc) is 3.38. The van der Waals surface area contributed by atoms with E-state index in [1.807, 2.05) is 71.8 Å². The number of hydrogen-bond acceptors (Lipinski definition) is 6. The highest BCUT2D eigenvalue weighted by Gasteiger charge is 2.11. The summed E-state index contributed by atoms with van der Waals surface area (Å²) in [7, 11) is 3.95. The monoisotopic (exact) mass is 420 g/mol. The van der Waals surface area contributed by atoms with Crippen molar-refractivity contribution in [2.24, 2.45) is 14.1 Å². The van der Waals surface area contributed by atoms with Crippen LogP contribution in [0.2, 0.25) is 0 Å². The van der Waals surface area contributed by atoms with E-state index in [0.717, 1.165) is 33.7 Å². The van der Waals surface area contributed by atoms with Gasteiger partial charge in [-0.1, -0.05) is 24.3 Å². The summed E-state index contributed by atoms with van der Waals surface area (Å²) >= 11 is 0. The first-order chi connectivity index (χ1) is 15.7. The lowest BCUT2D eigenvalue weighted by atomic mass is 10.3. The maximum absolute atomic E-state index is 4.52. The van der Waals surface area contributed by atoms with Gasteiger partial charge in [0.2, 0.25) is 0 Å². The first-order valence-electron chi connectivity index (χ1n) is 10.1. The number of fused-ring (bicyclic) bond motifs is 2. The van der Waals surface area contributed by atoms with Crippen LogP contribution in [0.4, 0.5) is 0 Å². The van der Waals surface area contributed by atoms with Crippen LogP contribution in [-0.2, 0) is 14.1 Å². The molecule has 0 saturated carbocycles. The lowest BCUT2D eigenvalue weighted by Crippen LogP contribution is -1.96. The van der Waals surface area contributed by atoms with E-state index in [4.69, 9.17) is 0 Å². The minimum Gasteiger partial charge on any atom is -0.324 e. The van der Waals surface area contributed by atoms with Gasteiger partial charge in [0, 0.05) is 38.9 Å². The molecule has 0 spiro atoms. The van der Waals surface area contributed by atoms with Crippen molar-refractivity contribution in [2.45, 2.75) is 0 Å². The van der Waals surface area contributed by atoms with Gasteiger partial charge in [0.05, 0.1) is 22.1 Å². The van der Waals surface area contributed by atoms with Crippen LogP contribution >= 0.6 is 0 Å². The van der Waals surface area contributed by atoms with Crippen LogP contribution in [0.25, 0.3) is 45.4 Å². The molecule has 4 aromatic heterocycles. The molecule has 0 aliphatic heterocycles. The molecule has 0 amide bonds. The molecule has 0 saturated heterocycles. The zero-order valence-corrected chi connectivity index (χ0v) is 17.7. The van der Waals surface area contributed by atoms with Gasteiger partial charge < -0.3 is 9.13 Å². The normalized spacial score (nSPS) is 10.8. The molecule has 0 atom stereocenters. The Kier molecular flexibility index (Phi) is 5.09. The second-order valence-electron chi connectivity index (χ2n) is 7.11. The van der Waals surface area contributed by atoms with Gasteiger partial charge in [-0.3, -0.25) is 0 Å². The summed E-state index contributed by atoms with van der Waals surface area (Å²) in [6.45, 7) is 0. The van der Waals surface area contributed by atoms with Crippen LogP contribution in [0.15, 0.2) is 85.5 Å². The Morgan fingerprint density at radius 3 is 1.25 bits per heavy atom. The summed E-state index contributed by atoms with van der Waals surface area (Å²) in [6, 6.07) is 19.6. The second-order valence-corrected chi connectivity index (χ2v) is 7.11. The van der Waals surface area contributed by atoms with Crippen molar-refractivity contribution in [1.82, 2.24) is 39.0 Å². The summed E-state index contributed by atoms with van der Waals surface area (Å²) in [5.74, 6) is 2.89. The van der Waals surface area contributed by atoms with E-state index >= 15 is 0 Å². The van der Waals surface area contributed by atoms with Crippen molar-refractivity contribution in [2.75, 3.05) is 0 Å². The van der Waals surface area contributed by atoms with E-state index in [-0.39, 0.29) is 0 Å². The molecule has 6 aromatic rings. The molecule has 8 heteroatoms. The van der Waals surface area contributed by atoms with Gasteiger partial charge in [-0.05, 0) is 36.4 Å². The largest absolute Gasteiger partial charge is 0.324 e. The molecule has 6 rings (SSSR count). The maximum Gasteiger partial charge on any atom is 0.195 e. The van der Waals surface area contributed by atoms with E-state index in [9.17, 15) is 0 Å². The van der Waals surface area contributed by atoms with Gasteiger partial charge in [-0.2, -0.15) is 0 Å². The Balaban J connectivity index is 0.000000135. The van der Waals surface area contributed by atoms with E-state index in [1.54, 1.807) is 36.9 Å². The van der Waals surface area contributed by atoms with Crippen molar-refractivity contribution < 1.29 is 0 Å². The highest BCUT2D eigenvalue weighted by molar-refractivity contribution is 5.80. The Labute approximate surface area is 184 Å². The standard InChI is InChI=1S/2C12H10N4/c2*1-16-10-6-3-2-5-9(10)15-12(16)11-13-7-4-8-14-11/h2*2-8H,1H3. The minimum atomic E-state index is 0.654. The van der Waals surface area contributed by atoms with Crippen LogP contribution in [0, 0.1) is 0 Å². The summed E-state index contributed by atoms with van der Waals surface area (Å²) in [6.07, 6.45) is 6.90. The highest BCUT2D eigenvalue weighted by atomic mass is 15.1. The molecule has 0 fully saturated rings. The first kappa shape index (κ1) is 19.5. The number of aryl methyl sites for hydroxylation is 2. The Morgan fingerprint density at radius 2 is 0.875 bits per heavy atom. The molecule has 0 N–H and O–H groups in total. The Hall–Kier alpha value is -4.46. The van der Waals surface area contributed by atoms with Gasteiger partial charge in [0.25, 0.3) is 0 Å². The third kappa shape index (κ3) is 3.58. The molecular weight excluding hydrogens is 400 g/mol. The molecule has 2 aromatic carbocycles. The predicted octanol–water partition coefficient (Wildman–Crippen LogP) is 4.06. The van der Waals surface area contributed by atoms with E-state index in [0.29, 0.717) is 11.6 Å². The fourth-order valence-electron chi connectivity index (χ4n) is 3.52. The first-order valence-corrected chi connectivity index (χ1v) is 10.1. The molecule has 0 bridgehead atoms. The Bertz CT molecular complexity index is 1370. The minimum absolute atomic E-state index is 0.654. The SMILES string of the molecule is Cn1c(-c2ncccn2)nc2ccccc21.Cn1c(-c2ncccn2)nc2ccccc21. The predicted molar refractivity (Wildman–Crippen MR) is 123 cm³/mol. The molecule has 32 heavy (non-hydrogen) atoms. The molecule has 0 aliphatic carbocycles. The molecular formula is C24H20N8. The molecule has 0 unspecified atom stereocenters. The van der Waals surface area contributed by atoms with E-state index in [2.05, 4.69) is 29.9 Å². The molecule has 8 nitrogen and oxygen atoms in total. The molecule has 0 aliphatic rings. The van der Waals surface area contributed by atoms with Crippen LogP contribution < -0.4 is 0 Å². The quantitative estimate of drug-likeness (QED) is 0.420. The summed E-state index contributed by atoms with van der Waals surface area (Å²) in [4.78, 5) is 25.9. The number of rotatable bonds is 2. The van der Waals surface area contributed by atoms with Crippen molar-refractivity contribution in [3.8, 4) is 23.3 Å². The second kappa shape index (κ2) is 8.35. The summed E-state index contributed by atoms with van der Waals surface area (Å²) in [5.41, 5.74) is 4.11. The van der Waals surface area contributed by atoms with Crippen LogP contribution in [0.3, 0.4) is 0 Å². The third-order valence-electron chi connectivity index (χ3n) is 5.11. The van der Waals surface area contributed by atoms with Gasteiger partial charge in [0.15, 0.2) is 23.3 Å². The lowest BCUT2D eigenvalue weighted by molar-refractivity contribution is 0.935. The van der Waals surface area contributed by atoms with Gasteiger partial charge in [-0.25, -0.2) is 29.9 Å². The zero-order chi connectivity index (χ0) is 21.9. The molecule has 0 radical (unpaired) electrons. The Morgan fingerprint density at radius 1 is 0.500 bits per heavy atom. The molecule has 156 valence electrons. The van der Waals surface area contributed by atoms with Gasteiger partial charge in [-0.15, -0.1) is 0 Å². The zero-order valence-electron chi connectivity index (χ0n) is 17.7. The number of hydrogen-bond donors (Lipinski definition) is 0. The number of nitrogens with zero attached hydrogens (tertiary/aromatic N) is 8.